The fraction of sp³-hybridized carbons (Fsp3) is 0.952. The zero-order valence-electron chi connectivity index (χ0n) is 66.6. The van der Waals surface area contributed by atoms with Gasteiger partial charge in [0.05, 0.1) is 26.4 Å². The molecule has 0 saturated heterocycles. The fourth-order valence-electron chi connectivity index (χ4n) is 13.0. The van der Waals surface area contributed by atoms with Crippen LogP contribution in [0.25, 0.3) is 0 Å². The molecule has 606 valence electrons. The Morgan fingerprint density at radius 1 is 0.235 bits per heavy atom. The van der Waals surface area contributed by atoms with E-state index < -0.39 is 97.5 Å². The third-order valence-electron chi connectivity index (χ3n) is 19.6. The minimum atomic E-state index is -4.96. The summed E-state index contributed by atoms with van der Waals surface area (Å²) < 4.78 is 68.8. The van der Waals surface area contributed by atoms with E-state index in [4.69, 9.17) is 37.0 Å². The molecule has 102 heavy (non-hydrogen) atoms. The van der Waals surface area contributed by atoms with Crippen LogP contribution in [0.4, 0.5) is 0 Å². The van der Waals surface area contributed by atoms with Gasteiger partial charge in [0.2, 0.25) is 0 Å². The maximum atomic E-state index is 13.1. The number of aliphatic hydroxyl groups is 1. The van der Waals surface area contributed by atoms with Crippen molar-refractivity contribution in [1.82, 2.24) is 0 Å². The largest absolute Gasteiger partial charge is 0.472 e. The van der Waals surface area contributed by atoms with Crippen LogP contribution in [0, 0.1) is 0 Å². The highest BCUT2D eigenvalue weighted by Crippen LogP contribution is 2.45. The Bertz CT molecular complexity index is 1930. The summed E-state index contributed by atoms with van der Waals surface area (Å²) in [5.74, 6) is -2.10. The van der Waals surface area contributed by atoms with Crippen molar-refractivity contribution in [3.8, 4) is 0 Å². The number of rotatable bonds is 84. The summed E-state index contributed by atoms with van der Waals surface area (Å²) in [5.41, 5.74) is 0. The van der Waals surface area contributed by atoms with Gasteiger partial charge >= 0.3 is 39.5 Å². The SMILES string of the molecule is CCCCCCCCCCCCCCCCCCCCC(=O)OC[C@H](COP(=O)(O)OC[C@@H](O)COP(=O)(O)OC[C@@H](COC(=O)CCCCCCCCCCC)OC(=O)CCCCCCCCCCCCCCCCCCC)OC(=O)CCCCCCCCCCCCCCCCCCCC. The summed E-state index contributed by atoms with van der Waals surface area (Å²) in [5, 5.41) is 10.7. The van der Waals surface area contributed by atoms with Crippen LogP contribution in [-0.2, 0) is 65.4 Å². The number of esters is 4. The number of hydrogen-bond donors (Lipinski definition) is 3. The zero-order chi connectivity index (χ0) is 74.6. The lowest BCUT2D eigenvalue weighted by atomic mass is 10.0. The van der Waals surface area contributed by atoms with Crippen LogP contribution in [0.2, 0.25) is 0 Å². The quantitative estimate of drug-likeness (QED) is 0.0222. The first-order valence-corrected chi connectivity index (χ1v) is 46.3. The molecule has 0 heterocycles. The first-order chi connectivity index (χ1) is 49.7. The number of hydrogen-bond acceptors (Lipinski definition) is 15. The van der Waals surface area contributed by atoms with Crippen LogP contribution < -0.4 is 0 Å². The number of phosphoric ester groups is 2. The molecule has 19 heteroatoms. The second-order valence-corrected chi connectivity index (χ2v) is 32.8. The summed E-state index contributed by atoms with van der Waals surface area (Å²) in [6, 6.07) is 0. The third-order valence-corrected chi connectivity index (χ3v) is 21.5. The highest BCUT2D eigenvalue weighted by Gasteiger charge is 2.30. The van der Waals surface area contributed by atoms with Crippen molar-refractivity contribution in [1.29, 1.82) is 0 Å². The van der Waals surface area contributed by atoms with E-state index in [0.717, 1.165) is 89.9 Å². The van der Waals surface area contributed by atoms with Gasteiger partial charge in [0.1, 0.15) is 19.3 Å². The second kappa shape index (κ2) is 77.2. The standard InChI is InChI=1S/C83H162O17P2/c1-5-9-13-17-21-25-28-31-34-37-40-42-45-48-52-56-60-64-68-81(86)94-74-79(100-83(88)70-66-62-58-54-50-47-44-41-38-35-32-29-26-22-18-14-10-6-2)76-98-102(91,92)96-72-77(84)71-95-101(89,90)97-75-78(73-93-80(85)67-63-59-55-51-24-20-16-12-8-4)99-82(87)69-65-61-57-53-49-46-43-39-36-33-30-27-23-19-15-11-7-3/h77-79,84H,5-76H2,1-4H3,(H,89,90)(H,91,92)/t77-,78+,79+/m0/s1. The minimum absolute atomic E-state index is 0.109. The number of ether oxygens (including phenoxy) is 4. The van der Waals surface area contributed by atoms with Crippen molar-refractivity contribution in [3.05, 3.63) is 0 Å². The Kier molecular flexibility index (Phi) is 75.8. The smallest absolute Gasteiger partial charge is 0.462 e. The van der Waals surface area contributed by atoms with Crippen molar-refractivity contribution in [3.63, 3.8) is 0 Å². The van der Waals surface area contributed by atoms with Gasteiger partial charge in [-0.15, -0.1) is 0 Å². The molecule has 0 amide bonds. The van der Waals surface area contributed by atoms with Crippen LogP contribution in [-0.4, -0.2) is 96.7 Å². The van der Waals surface area contributed by atoms with Crippen molar-refractivity contribution in [2.45, 2.75) is 470 Å². The molecule has 17 nitrogen and oxygen atoms in total. The average molecular weight is 1490 g/mol. The Labute approximate surface area is 626 Å². The first-order valence-electron chi connectivity index (χ1n) is 43.3. The number of carbonyl (C=O) groups is 4. The van der Waals surface area contributed by atoms with Crippen LogP contribution in [0.15, 0.2) is 0 Å². The van der Waals surface area contributed by atoms with Crippen LogP contribution in [0.5, 0.6) is 0 Å². The van der Waals surface area contributed by atoms with E-state index in [2.05, 4.69) is 27.7 Å². The summed E-state index contributed by atoms with van der Waals surface area (Å²) in [7, 11) is -9.92. The van der Waals surface area contributed by atoms with E-state index >= 15 is 0 Å². The molecule has 0 spiro atoms. The van der Waals surface area contributed by atoms with E-state index in [-0.39, 0.29) is 25.7 Å². The van der Waals surface area contributed by atoms with E-state index in [9.17, 15) is 43.2 Å². The maximum Gasteiger partial charge on any atom is 0.472 e. The molecule has 0 aliphatic rings. The predicted molar refractivity (Wildman–Crippen MR) is 419 cm³/mol. The van der Waals surface area contributed by atoms with Gasteiger partial charge in [0.25, 0.3) is 0 Å². The molecule has 0 aliphatic heterocycles. The lowest BCUT2D eigenvalue weighted by Crippen LogP contribution is -2.30. The molecule has 0 rings (SSSR count). The van der Waals surface area contributed by atoms with Crippen LogP contribution >= 0.6 is 15.6 Å². The fourth-order valence-corrected chi connectivity index (χ4v) is 14.6. The summed E-state index contributed by atoms with van der Waals surface area (Å²) in [6.45, 7) is 5.03. The monoisotopic (exact) mass is 1490 g/mol. The predicted octanol–water partition coefficient (Wildman–Crippen LogP) is 25.4. The third kappa shape index (κ3) is 76.3. The van der Waals surface area contributed by atoms with Crippen molar-refractivity contribution < 1.29 is 80.2 Å². The van der Waals surface area contributed by atoms with E-state index in [0.29, 0.717) is 25.7 Å². The average Bonchev–Trinajstić information content (AvgIpc) is 0.915. The van der Waals surface area contributed by atoms with Crippen LogP contribution in [0.3, 0.4) is 0 Å². The molecule has 0 aromatic heterocycles. The number of aliphatic hydroxyl groups excluding tert-OH is 1. The zero-order valence-corrected chi connectivity index (χ0v) is 68.4. The van der Waals surface area contributed by atoms with Crippen molar-refractivity contribution in [2.75, 3.05) is 39.6 Å². The Hall–Kier alpha value is -1.94. The topological polar surface area (TPSA) is 237 Å². The van der Waals surface area contributed by atoms with Gasteiger partial charge in [0, 0.05) is 25.7 Å². The summed E-state index contributed by atoms with van der Waals surface area (Å²) in [6.07, 6.45) is 70.8. The molecule has 0 aliphatic carbocycles. The lowest BCUT2D eigenvalue weighted by molar-refractivity contribution is -0.161. The van der Waals surface area contributed by atoms with Gasteiger partial charge in [-0.1, -0.05) is 400 Å². The Morgan fingerprint density at radius 2 is 0.392 bits per heavy atom. The van der Waals surface area contributed by atoms with E-state index in [1.807, 2.05) is 0 Å². The normalized spacial score (nSPS) is 13.8. The molecule has 0 bridgehead atoms. The number of unbranched alkanes of at least 4 members (excludes halogenated alkanes) is 58. The molecule has 2 unspecified atom stereocenters. The van der Waals surface area contributed by atoms with Gasteiger partial charge in [-0.05, 0) is 25.7 Å². The van der Waals surface area contributed by atoms with E-state index in [1.54, 1.807) is 0 Å². The highest BCUT2D eigenvalue weighted by atomic mass is 31.2. The van der Waals surface area contributed by atoms with Gasteiger partial charge in [-0.2, -0.15) is 0 Å². The molecule has 5 atom stereocenters. The van der Waals surface area contributed by atoms with Crippen molar-refractivity contribution >= 4 is 39.5 Å². The first kappa shape index (κ1) is 100. The molecule has 3 N–H and O–H groups in total. The molecule has 0 fully saturated rings. The molecular weight excluding hydrogens is 1330 g/mol. The summed E-state index contributed by atoms with van der Waals surface area (Å²) >= 11 is 0. The molecule has 0 saturated carbocycles. The summed E-state index contributed by atoms with van der Waals surface area (Å²) in [4.78, 5) is 73.1. The van der Waals surface area contributed by atoms with Crippen LogP contribution in [0.1, 0.15) is 451 Å². The van der Waals surface area contributed by atoms with Gasteiger partial charge in [0.15, 0.2) is 12.2 Å². The highest BCUT2D eigenvalue weighted by molar-refractivity contribution is 7.47. The van der Waals surface area contributed by atoms with E-state index in [1.165, 1.54) is 283 Å². The maximum absolute atomic E-state index is 13.1. The molecule has 0 aromatic rings. The molecule has 0 radical (unpaired) electrons. The number of phosphoric acid groups is 2. The van der Waals surface area contributed by atoms with Gasteiger partial charge < -0.3 is 33.8 Å². The van der Waals surface area contributed by atoms with Gasteiger partial charge in [-0.25, -0.2) is 9.13 Å². The lowest BCUT2D eigenvalue weighted by Gasteiger charge is -2.21. The Morgan fingerprint density at radius 3 is 0.578 bits per heavy atom. The molecular formula is C83H162O17P2. The Balaban J connectivity index is 5.21. The second-order valence-electron chi connectivity index (χ2n) is 29.9. The molecule has 0 aromatic carbocycles. The number of carbonyl (C=O) groups excluding carboxylic acids is 4. The van der Waals surface area contributed by atoms with Gasteiger partial charge in [-0.3, -0.25) is 37.3 Å². The minimum Gasteiger partial charge on any atom is -0.462 e. The van der Waals surface area contributed by atoms with Crippen molar-refractivity contribution in [2.24, 2.45) is 0 Å².